The SMILES string of the molecule is CCOc1ccc2c(c1)c(=O)c(S(=O)(=O)c1ccc(OC)cc1)cn2Cc1ccc(Cl)cc1. The molecule has 0 unspecified atom stereocenters. The number of benzene rings is 3. The molecule has 0 aliphatic rings. The molecule has 8 heteroatoms. The van der Waals surface area contributed by atoms with Crippen molar-refractivity contribution in [1.82, 2.24) is 4.57 Å². The summed E-state index contributed by atoms with van der Waals surface area (Å²) in [5, 5.41) is 0.872. The summed E-state index contributed by atoms with van der Waals surface area (Å²) in [6.45, 7) is 2.62. The fraction of sp³-hybridized carbons (Fsp3) is 0.160. The van der Waals surface area contributed by atoms with Gasteiger partial charge < -0.3 is 14.0 Å². The third kappa shape index (κ3) is 4.60. The minimum absolute atomic E-state index is 0.0127. The van der Waals surface area contributed by atoms with Gasteiger partial charge in [0.05, 0.1) is 29.5 Å². The molecule has 0 saturated heterocycles. The van der Waals surface area contributed by atoms with Crippen molar-refractivity contribution in [3.05, 3.63) is 93.7 Å². The summed E-state index contributed by atoms with van der Waals surface area (Å²) < 4.78 is 39.3. The first kappa shape index (κ1) is 22.9. The van der Waals surface area contributed by atoms with Crippen molar-refractivity contribution in [3.63, 3.8) is 0 Å². The first-order valence-electron chi connectivity index (χ1n) is 10.3. The van der Waals surface area contributed by atoms with Gasteiger partial charge in [-0.25, -0.2) is 8.42 Å². The zero-order valence-corrected chi connectivity index (χ0v) is 19.7. The summed E-state index contributed by atoms with van der Waals surface area (Å²) in [6.07, 6.45) is 1.40. The number of sulfone groups is 1. The Labute approximate surface area is 196 Å². The fourth-order valence-electron chi connectivity index (χ4n) is 3.60. The van der Waals surface area contributed by atoms with Crippen LogP contribution in [-0.2, 0) is 16.4 Å². The van der Waals surface area contributed by atoms with Gasteiger partial charge in [0.15, 0.2) is 0 Å². The van der Waals surface area contributed by atoms with E-state index in [1.54, 1.807) is 47.0 Å². The number of pyridine rings is 1. The number of fused-ring (bicyclic) bond motifs is 1. The Bertz CT molecular complexity index is 1460. The Hall–Kier alpha value is -3.29. The Balaban J connectivity index is 1.93. The number of halogens is 1. The second-order valence-corrected chi connectivity index (χ2v) is 9.72. The molecule has 0 spiro atoms. The molecule has 0 aliphatic carbocycles. The Morgan fingerprint density at radius 2 is 1.61 bits per heavy atom. The largest absolute Gasteiger partial charge is 0.497 e. The minimum atomic E-state index is -4.08. The van der Waals surface area contributed by atoms with Crippen molar-refractivity contribution in [2.45, 2.75) is 23.3 Å². The van der Waals surface area contributed by atoms with E-state index < -0.39 is 15.3 Å². The van der Waals surface area contributed by atoms with E-state index in [9.17, 15) is 13.2 Å². The molecule has 0 bridgehead atoms. The van der Waals surface area contributed by atoms with Crippen LogP contribution in [0.5, 0.6) is 11.5 Å². The van der Waals surface area contributed by atoms with Gasteiger partial charge in [-0.05, 0) is 67.1 Å². The van der Waals surface area contributed by atoms with Gasteiger partial charge >= 0.3 is 0 Å². The number of hydrogen-bond donors (Lipinski definition) is 0. The molecular formula is C25H22ClNO5S. The van der Waals surface area contributed by atoms with Gasteiger partial charge in [-0.1, -0.05) is 23.7 Å². The minimum Gasteiger partial charge on any atom is -0.497 e. The smallest absolute Gasteiger partial charge is 0.211 e. The number of rotatable bonds is 7. The maximum Gasteiger partial charge on any atom is 0.211 e. The molecule has 0 saturated carbocycles. The molecule has 0 fully saturated rings. The van der Waals surface area contributed by atoms with E-state index in [1.165, 1.54) is 25.4 Å². The highest BCUT2D eigenvalue weighted by molar-refractivity contribution is 7.91. The van der Waals surface area contributed by atoms with Crippen LogP contribution in [-0.4, -0.2) is 26.7 Å². The zero-order valence-electron chi connectivity index (χ0n) is 18.1. The van der Waals surface area contributed by atoms with Gasteiger partial charge in [-0.2, -0.15) is 0 Å². The lowest BCUT2D eigenvalue weighted by Gasteiger charge is -2.15. The average Bonchev–Trinajstić information content (AvgIpc) is 2.82. The topological polar surface area (TPSA) is 74.6 Å². The first-order valence-corrected chi connectivity index (χ1v) is 12.1. The second kappa shape index (κ2) is 9.29. The van der Waals surface area contributed by atoms with Gasteiger partial charge in [-0.3, -0.25) is 4.79 Å². The van der Waals surface area contributed by atoms with Crippen LogP contribution in [0.25, 0.3) is 10.9 Å². The van der Waals surface area contributed by atoms with Crippen LogP contribution < -0.4 is 14.9 Å². The molecule has 0 atom stereocenters. The summed E-state index contributed by atoms with van der Waals surface area (Å²) >= 11 is 6.00. The predicted octanol–water partition coefficient (Wildman–Crippen LogP) is 4.94. The lowest BCUT2D eigenvalue weighted by Crippen LogP contribution is -2.19. The molecule has 4 rings (SSSR count). The van der Waals surface area contributed by atoms with E-state index >= 15 is 0 Å². The van der Waals surface area contributed by atoms with E-state index in [4.69, 9.17) is 21.1 Å². The fourth-order valence-corrected chi connectivity index (χ4v) is 5.09. The zero-order chi connectivity index (χ0) is 23.6. The van der Waals surface area contributed by atoms with Gasteiger partial charge in [0.2, 0.25) is 15.3 Å². The number of aromatic nitrogens is 1. The quantitative estimate of drug-likeness (QED) is 0.372. The number of hydrogen-bond acceptors (Lipinski definition) is 5. The number of nitrogens with zero attached hydrogens (tertiary/aromatic N) is 1. The summed E-state index contributed by atoms with van der Waals surface area (Å²) in [5.74, 6) is 1.02. The molecule has 6 nitrogen and oxygen atoms in total. The normalized spacial score (nSPS) is 11.5. The maximum atomic E-state index is 13.5. The van der Waals surface area contributed by atoms with Crippen molar-refractivity contribution in [3.8, 4) is 11.5 Å². The van der Waals surface area contributed by atoms with Crippen LogP contribution in [0, 0.1) is 0 Å². The molecule has 1 heterocycles. The Morgan fingerprint density at radius 3 is 2.24 bits per heavy atom. The first-order chi connectivity index (χ1) is 15.8. The van der Waals surface area contributed by atoms with E-state index in [0.29, 0.717) is 35.2 Å². The summed E-state index contributed by atoms with van der Waals surface area (Å²) in [4.78, 5) is 13.1. The summed E-state index contributed by atoms with van der Waals surface area (Å²) in [7, 11) is -2.59. The van der Waals surface area contributed by atoms with E-state index in [0.717, 1.165) is 5.56 Å². The molecule has 3 aromatic carbocycles. The van der Waals surface area contributed by atoms with E-state index in [-0.39, 0.29) is 15.2 Å². The molecule has 1 aromatic heterocycles. The van der Waals surface area contributed by atoms with Gasteiger partial charge in [0.25, 0.3) is 0 Å². The molecule has 0 N–H and O–H groups in total. The highest BCUT2D eigenvalue weighted by Crippen LogP contribution is 2.26. The summed E-state index contributed by atoms with van der Waals surface area (Å²) in [6, 6.07) is 18.3. The van der Waals surface area contributed by atoms with Crippen LogP contribution in [0.4, 0.5) is 0 Å². The van der Waals surface area contributed by atoms with Crippen molar-refractivity contribution in [1.29, 1.82) is 0 Å². The Kier molecular flexibility index (Phi) is 6.44. The predicted molar refractivity (Wildman–Crippen MR) is 128 cm³/mol. The Morgan fingerprint density at radius 1 is 0.939 bits per heavy atom. The third-order valence-electron chi connectivity index (χ3n) is 5.26. The standard InChI is InChI=1S/C25H22ClNO5S/c1-3-32-20-10-13-23-22(14-20)25(28)24(16-27(23)15-17-4-6-18(26)7-5-17)33(29,30)21-11-8-19(31-2)9-12-21/h4-14,16H,3,15H2,1-2H3. The van der Waals surface area contributed by atoms with Gasteiger partial charge in [0, 0.05) is 17.8 Å². The average molecular weight is 484 g/mol. The monoisotopic (exact) mass is 483 g/mol. The summed E-state index contributed by atoms with van der Waals surface area (Å²) in [5.41, 5.74) is 0.938. The molecule has 33 heavy (non-hydrogen) atoms. The number of methoxy groups -OCH3 is 1. The molecule has 0 aliphatic heterocycles. The van der Waals surface area contributed by atoms with Gasteiger partial charge in [0.1, 0.15) is 16.4 Å². The molecule has 4 aromatic rings. The molecule has 0 amide bonds. The lowest BCUT2D eigenvalue weighted by molar-refractivity contribution is 0.340. The van der Waals surface area contributed by atoms with Crippen molar-refractivity contribution < 1.29 is 17.9 Å². The van der Waals surface area contributed by atoms with Crippen LogP contribution in [0.1, 0.15) is 12.5 Å². The van der Waals surface area contributed by atoms with E-state index in [1.807, 2.05) is 19.1 Å². The lowest BCUT2D eigenvalue weighted by atomic mass is 10.1. The highest BCUT2D eigenvalue weighted by Gasteiger charge is 2.24. The van der Waals surface area contributed by atoms with E-state index in [2.05, 4.69) is 0 Å². The van der Waals surface area contributed by atoms with Crippen molar-refractivity contribution in [2.24, 2.45) is 0 Å². The van der Waals surface area contributed by atoms with Crippen LogP contribution in [0.3, 0.4) is 0 Å². The van der Waals surface area contributed by atoms with Crippen LogP contribution in [0.2, 0.25) is 5.02 Å². The number of ether oxygens (including phenoxy) is 2. The second-order valence-electron chi connectivity index (χ2n) is 7.37. The third-order valence-corrected chi connectivity index (χ3v) is 7.27. The van der Waals surface area contributed by atoms with Crippen molar-refractivity contribution in [2.75, 3.05) is 13.7 Å². The molecule has 170 valence electrons. The van der Waals surface area contributed by atoms with Gasteiger partial charge in [-0.15, -0.1) is 0 Å². The molecule has 0 radical (unpaired) electrons. The maximum absolute atomic E-state index is 13.5. The van der Waals surface area contributed by atoms with Crippen molar-refractivity contribution >= 4 is 32.3 Å². The van der Waals surface area contributed by atoms with Crippen LogP contribution in [0.15, 0.2) is 87.5 Å². The molecular weight excluding hydrogens is 462 g/mol. The van der Waals surface area contributed by atoms with Crippen LogP contribution >= 0.6 is 11.6 Å². The highest BCUT2D eigenvalue weighted by atomic mass is 35.5.